The molecule has 1 amide bonds. The summed E-state index contributed by atoms with van der Waals surface area (Å²) in [4.78, 5) is 26.4. The first kappa shape index (κ1) is 21.1. The molecule has 10 heteroatoms. The van der Waals surface area contributed by atoms with Gasteiger partial charge in [0.05, 0.1) is 10.5 Å². The predicted molar refractivity (Wildman–Crippen MR) is 109 cm³/mol. The average molecular weight is 446 g/mol. The normalized spacial score (nSPS) is 16.2. The van der Waals surface area contributed by atoms with Crippen molar-refractivity contribution in [2.45, 2.75) is 11.8 Å². The molecular formula is C21H22N2O7S. The van der Waals surface area contributed by atoms with Gasteiger partial charge in [0.25, 0.3) is 5.91 Å². The topological polar surface area (TPSA) is 102 Å². The van der Waals surface area contributed by atoms with E-state index in [1.165, 1.54) is 21.3 Å². The summed E-state index contributed by atoms with van der Waals surface area (Å²) in [6.07, 6.45) is 0. The van der Waals surface area contributed by atoms with E-state index in [9.17, 15) is 18.0 Å². The van der Waals surface area contributed by atoms with Crippen molar-refractivity contribution in [1.82, 2.24) is 9.21 Å². The Bertz CT molecular complexity index is 1090. The second-order valence-electron chi connectivity index (χ2n) is 7.24. The Morgan fingerprint density at radius 3 is 2.35 bits per heavy atom. The van der Waals surface area contributed by atoms with E-state index in [2.05, 4.69) is 0 Å². The highest BCUT2D eigenvalue weighted by Crippen LogP contribution is 2.32. The quantitative estimate of drug-likeness (QED) is 0.640. The van der Waals surface area contributed by atoms with Crippen LogP contribution in [0.2, 0.25) is 0 Å². The number of piperazine rings is 1. The zero-order chi connectivity index (χ0) is 22.0. The summed E-state index contributed by atoms with van der Waals surface area (Å²) in [5.41, 5.74) is 1.23. The van der Waals surface area contributed by atoms with Crippen LogP contribution in [0.15, 0.2) is 47.4 Å². The lowest BCUT2D eigenvalue weighted by Gasteiger charge is -2.33. The van der Waals surface area contributed by atoms with E-state index < -0.39 is 22.6 Å². The second kappa shape index (κ2) is 8.56. The Morgan fingerprint density at radius 1 is 0.968 bits per heavy atom. The summed E-state index contributed by atoms with van der Waals surface area (Å²) in [6, 6.07) is 11.3. The smallest absolute Gasteiger partial charge is 0.338 e. The van der Waals surface area contributed by atoms with E-state index in [4.69, 9.17) is 14.2 Å². The van der Waals surface area contributed by atoms with E-state index in [0.29, 0.717) is 11.5 Å². The average Bonchev–Trinajstić information content (AvgIpc) is 3.25. The molecule has 0 saturated carbocycles. The number of hydrogen-bond acceptors (Lipinski definition) is 7. The van der Waals surface area contributed by atoms with E-state index in [0.717, 1.165) is 5.56 Å². The second-order valence-corrected chi connectivity index (χ2v) is 9.18. The van der Waals surface area contributed by atoms with Crippen LogP contribution in [0.3, 0.4) is 0 Å². The van der Waals surface area contributed by atoms with Crippen molar-refractivity contribution in [3.63, 3.8) is 0 Å². The van der Waals surface area contributed by atoms with Crippen LogP contribution in [-0.4, -0.2) is 69.1 Å². The summed E-state index contributed by atoms with van der Waals surface area (Å²) in [6.45, 7) is 2.38. The van der Waals surface area contributed by atoms with Gasteiger partial charge in [-0.25, -0.2) is 13.2 Å². The summed E-state index contributed by atoms with van der Waals surface area (Å²) in [5.74, 6) is -0.0218. The van der Waals surface area contributed by atoms with Gasteiger partial charge in [0, 0.05) is 26.2 Å². The zero-order valence-electron chi connectivity index (χ0n) is 16.9. The molecule has 0 atom stereocenters. The number of esters is 1. The Morgan fingerprint density at radius 2 is 1.65 bits per heavy atom. The van der Waals surface area contributed by atoms with Gasteiger partial charge in [-0.3, -0.25) is 4.79 Å². The summed E-state index contributed by atoms with van der Waals surface area (Å²) in [7, 11) is -3.61. The number of hydrogen-bond donors (Lipinski definition) is 0. The highest BCUT2D eigenvalue weighted by molar-refractivity contribution is 7.89. The standard InChI is InChI=1S/C21H22N2O7S/c1-15-2-5-17(6-3-15)31(26,27)23-10-8-22(9-11-23)20(24)13-28-21(25)16-4-7-18-19(12-16)30-14-29-18/h2-7,12H,8-11,13-14H2,1H3. The highest BCUT2D eigenvalue weighted by Gasteiger charge is 2.30. The fraction of sp³-hybridized carbons (Fsp3) is 0.333. The molecule has 2 aliphatic rings. The van der Waals surface area contributed by atoms with Gasteiger partial charge in [-0.05, 0) is 37.3 Å². The van der Waals surface area contributed by atoms with Crippen molar-refractivity contribution in [1.29, 1.82) is 0 Å². The van der Waals surface area contributed by atoms with Crippen LogP contribution in [0, 0.1) is 6.92 Å². The van der Waals surface area contributed by atoms with E-state index in [-0.39, 0.29) is 49.3 Å². The summed E-state index contributed by atoms with van der Waals surface area (Å²) < 4.78 is 42.4. The molecule has 0 aromatic heterocycles. The number of fused-ring (bicyclic) bond motifs is 1. The molecular weight excluding hydrogens is 424 g/mol. The minimum Gasteiger partial charge on any atom is -0.454 e. The monoisotopic (exact) mass is 446 g/mol. The van der Waals surface area contributed by atoms with Crippen LogP contribution in [-0.2, 0) is 19.6 Å². The van der Waals surface area contributed by atoms with Gasteiger partial charge in [0.15, 0.2) is 18.1 Å². The van der Waals surface area contributed by atoms with Crippen LogP contribution in [0.25, 0.3) is 0 Å². The molecule has 0 bridgehead atoms. The predicted octanol–water partition coefficient (Wildman–Crippen LogP) is 1.41. The van der Waals surface area contributed by atoms with E-state index >= 15 is 0 Å². The number of rotatable bonds is 5. The van der Waals surface area contributed by atoms with Gasteiger partial charge in [-0.2, -0.15) is 4.31 Å². The lowest BCUT2D eigenvalue weighted by molar-refractivity contribution is -0.135. The van der Waals surface area contributed by atoms with Crippen molar-refractivity contribution < 1.29 is 32.2 Å². The van der Waals surface area contributed by atoms with Crippen LogP contribution >= 0.6 is 0 Å². The lowest BCUT2D eigenvalue weighted by atomic mass is 10.2. The van der Waals surface area contributed by atoms with Gasteiger partial charge in [-0.1, -0.05) is 17.7 Å². The van der Waals surface area contributed by atoms with Gasteiger partial charge in [0.1, 0.15) is 0 Å². The number of ether oxygens (including phenoxy) is 3. The number of benzene rings is 2. The third kappa shape index (κ3) is 4.49. The fourth-order valence-electron chi connectivity index (χ4n) is 3.36. The number of aryl methyl sites for hydroxylation is 1. The molecule has 9 nitrogen and oxygen atoms in total. The maximum absolute atomic E-state index is 12.8. The first-order valence-electron chi connectivity index (χ1n) is 9.76. The Labute approximate surface area is 180 Å². The third-order valence-electron chi connectivity index (χ3n) is 5.19. The maximum Gasteiger partial charge on any atom is 0.338 e. The molecule has 1 fully saturated rings. The van der Waals surface area contributed by atoms with Gasteiger partial charge in [0.2, 0.25) is 16.8 Å². The minimum absolute atomic E-state index is 0.0952. The van der Waals surface area contributed by atoms with E-state index in [1.54, 1.807) is 30.3 Å². The first-order chi connectivity index (χ1) is 14.8. The van der Waals surface area contributed by atoms with Crippen LogP contribution in [0.1, 0.15) is 15.9 Å². The van der Waals surface area contributed by atoms with Gasteiger partial charge in [-0.15, -0.1) is 0 Å². The SMILES string of the molecule is Cc1ccc(S(=O)(=O)N2CCN(C(=O)COC(=O)c3ccc4c(c3)OCO4)CC2)cc1. The van der Waals surface area contributed by atoms with Gasteiger partial charge >= 0.3 is 5.97 Å². The fourth-order valence-corrected chi connectivity index (χ4v) is 4.78. The van der Waals surface area contributed by atoms with Crippen molar-refractivity contribution in [3.05, 3.63) is 53.6 Å². The largest absolute Gasteiger partial charge is 0.454 e. The van der Waals surface area contributed by atoms with Crippen molar-refractivity contribution >= 4 is 21.9 Å². The molecule has 164 valence electrons. The number of carbonyl (C=O) groups excluding carboxylic acids is 2. The molecule has 2 aliphatic heterocycles. The lowest BCUT2D eigenvalue weighted by Crippen LogP contribution is -2.51. The zero-order valence-corrected chi connectivity index (χ0v) is 17.8. The van der Waals surface area contributed by atoms with Crippen molar-refractivity contribution in [3.8, 4) is 11.5 Å². The Kier molecular flexibility index (Phi) is 5.84. The molecule has 1 saturated heterocycles. The molecule has 0 unspecified atom stereocenters. The molecule has 31 heavy (non-hydrogen) atoms. The summed E-state index contributed by atoms with van der Waals surface area (Å²) >= 11 is 0. The third-order valence-corrected chi connectivity index (χ3v) is 7.10. The number of nitrogens with zero attached hydrogens (tertiary/aromatic N) is 2. The molecule has 0 spiro atoms. The number of carbonyl (C=O) groups is 2. The van der Waals surface area contributed by atoms with E-state index in [1.807, 2.05) is 6.92 Å². The molecule has 0 aliphatic carbocycles. The molecule has 2 heterocycles. The Balaban J connectivity index is 1.29. The molecule has 2 aromatic rings. The Hall–Kier alpha value is -3.11. The minimum atomic E-state index is -3.61. The van der Waals surface area contributed by atoms with Crippen molar-refractivity contribution in [2.24, 2.45) is 0 Å². The highest BCUT2D eigenvalue weighted by atomic mass is 32.2. The molecule has 0 radical (unpaired) electrons. The van der Waals surface area contributed by atoms with Crippen molar-refractivity contribution in [2.75, 3.05) is 39.6 Å². The maximum atomic E-state index is 12.8. The molecule has 2 aromatic carbocycles. The summed E-state index contributed by atoms with van der Waals surface area (Å²) in [5, 5.41) is 0. The number of sulfonamides is 1. The molecule has 0 N–H and O–H groups in total. The van der Waals surface area contributed by atoms with Crippen LogP contribution in [0.5, 0.6) is 11.5 Å². The molecule has 4 rings (SSSR count). The van der Waals surface area contributed by atoms with Crippen LogP contribution < -0.4 is 9.47 Å². The van der Waals surface area contributed by atoms with Gasteiger partial charge < -0.3 is 19.1 Å². The van der Waals surface area contributed by atoms with Crippen LogP contribution in [0.4, 0.5) is 0 Å². The first-order valence-corrected chi connectivity index (χ1v) is 11.2. The number of amides is 1.